The zero-order valence-electron chi connectivity index (χ0n) is 6.52. The first-order chi connectivity index (χ1) is 6.16. The minimum absolute atomic E-state index is 0.212. The van der Waals surface area contributed by atoms with E-state index in [1.165, 1.54) is 11.3 Å². The molecule has 0 atom stereocenters. The Morgan fingerprint density at radius 2 is 2.15 bits per heavy atom. The van der Waals surface area contributed by atoms with Crippen molar-refractivity contribution in [1.29, 1.82) is 0 Å². The Morgan fingerprint density at radius 3 is 2.85 bits per heavy atom. The van der Waals surface area contributed by atoms with Crippen molar-refractivity contribution >= 4 is 39.2 Å². The third kappa shape index (κ3) is 1.55. The first-order valence-electron chi connectivity index (χ1n) is 3.62. The van der Waals surface area contributed by atoms with Gasteiger partial charge in [-0.05, 0) is 29.7 Å². The van der Waals surface area contributed by atoms with Crippen LogP contribution in [0.4, 0.5) is 0 Å². The molecule has 1 N–H and O–H groups in total. The van der Waals surface area contributed by atoms with Crippen molar-refractivity contribution in [1.82, 2.24) is 0 Å². The van der Waals surface area contributed by atoms with E-state index < -0.39 is 0 Å². The summed E-state index contributed by atoms with van der Waals surface area (Å²) in [6, 6.07) is 6.75. The number of thiol groups is 1. The van der Waals surface area contributed by atoms with Gasteiger partial charge in [-0.25, -0.2) is 0 Å². The molecule has 2 nitrogen and oxygen atoms in total. The van der Waals surface area contributed by atoms with E-state index in [0.717, 1.165) is 10.1 Å². The molecule has 0 spiro atoms. The molecule has 0 bridgehead atoms. The molecular formula is C9H6O2S2. The van der Waals surface area contributed by atoms with E-state index in [1.807, 2.05) is 0 Å². The molecule has 0 radical (unpaired) electrons. The predicted octanol–water partition coefficient (Wildman–Crippen LogP) is 2.68. The maximum Gasteiger partial charge on any atom is 0.226 e. The van der Waals surface area contributed by atoms with Crippen molar-refractivity contribution < 1.29 is 9.90 Å². The van der Waals surface area contributed by atoms with Crippen LogP contribution in [0.1, 0.15) is 9.67 Å². The van der Waals surface area contributed by atoms with Gasteiger partial charge in [0.05, 0.1) is 4.88 Å². The number of carbonyl (C=O) groups is 1. The molecule has 1 aromatic heterocycles. The average Bonchev–Trinajstić information content (AvgIpc) is 2.46. The zero-order chi connectivity index (χ0) is 9.42. The molecule has 0 aliphatic carbocycles. The molecule has 66 valence electrons. The van der Waals surface area contributed by atoms with Crippen LogP contribution in [0.15, 0.2) is 24.3 Å². The number of thiophene rings is 1. The summed E-state index contributed by atoms with van der Waals surface area (Å²) in [5, 5.41) is 9.82. The smallest absolute Gasteiger partial charge is 0.226 e. The fourth-order valence-electron chi connectivity index (χ4n) is 1.14. The lowest BCUT2D eigenvalue weighted by molar-refractivity contribution is 0.109. The molecule has 0 aliphatic heterocycles. The summed E-state index contributed by atoms with van der Waals surface area (Å²) in [6.45, 7) is 0. The Labute approximate surface area is 84.2 Å². The molecule has 4 heteroatoms. The molecule has 2 rings (SSSR count). The van der Waals surface area contributed by atoms with E-state index >= 15 is 0 Å². The van der Waals surface area contributed by atoms with E-state index in [2.05, 4.69) is 12.6 Å². The highest BCUT2D eigenvalue weighted by molar-refractivity contribution is 7.97. The van der Waals surface area contributed by atoms with Crippen LogP contribution in [-0.2, 0) is 0 Å². The Balaban J connectivity index is 2.68. The number of rotatable bonds is 1. The lowest BCUT2D eigenvalue weighted by Crippen LogP contribution is -1.78. The fraction of sp³-hybridized carbons (Fsp3) is 0. The third-order valence-electron chi connectivity index (χ3n) is 1.71. The van der Waals surface area contributed by atoms with Gasteiger partial charge >= 0.3 is 0 Å². The summed E-state index contributed by atoms with van der Waals surface area (Å²) < 4.78 is 0.982. The van der Waals surface area contributed by atoms with Crippen LogP contribution in [-0.4, -0.2) is 10.2 Å². The molecule has 0 unspecified atom stereocenters. The van der Waals surface area contributed by atoms with Gasteiger partial charge in [0.25, 0.3) is 0 Å². The lowest BCUT2D eigenvalue weighted by Gasteiger charge is -1.89. The quantitative estimate of drug-likeness (QED) is 0.710. The van der Waals surface area contributed by atoms with E-state index in [4.69, 9.17) is 0 Å². The number of phenols is 1. The van der Waals surface area contributed by atoms with E-state index in [-0.39, 0.29) is 10.9 Å². The van der Waals surface area contributed by atoms with Gasteiger partial charge in [-0.2, -0.15) is 0 Å². The topological polar surface area (TPSA) is 37.3 Å². The number of carbonyl (C=O) groups excluding carboxylic acids is 1. The van der Waals surface area contributed by atoms with Crippen molar-refractivity contribution in [3.63, 3.8) is 0 Å². The van der Waals surface area contributed by atoms with E-state index in [0.29, 0.717) is 4.88 Å². The van der Waals surface area contributed by atoms with Crippen LogP contribution in [0, 0.1) is 0 Å². The lowest BCUT2D eigenvalue weighted by atomic mass is 10.2. The predicted molar refractivity (Wildman–Crippen MR) is 56.8 cm³/mol. The summed E-state index contributed by atoms with van der Waals surface area (Å²) >= 11 is 5.11. The third-order valence-corrected chi connectivity index (χ3v) is 3.22. The molecule has 1 heterocycles. The van der Waals surface area contributed by atoms with Crippen molar-refractivity contribution in [3.05, 3.63) is 29.1 Å². The second kappa shape index (κ2) is 3.05. The van der Waals surface area contributed by atoms with Crippen molar-refractivity contribution in [2.45, 2.75) is 0 Å². The number of aromatic hydroxyl groups is 1. The van der Waals surface area contributed by atoms with Crippen molar-refractivity contribution in [3.8, 4) is 5.75 Å². The van der Waals surface area contributed by atoms with Crippen LogP contribution in [0.2, 0.25) is 0 Å². The Kier molecular flexibility index (Phi) is 2.01. The van der Waals surface area contributed by atoms with Gasteiger partial charge in [-0.15, -0.1) is 11.3 Å². The summed E-state index contributed by atoms with van der Waals surface area (Å²) in [5.74, 6) is 0.212. The van der Waals surface area contributed by atoms with Crippen LogP contribution >= 0.6 is 24.0 Å². The highest BCUT2D eigenvalue weighted by Crippen LogP contribution is 2.29. The number of benzene rings is 1. The molecule has 0 aliphatic rings. The average molecular weight is 210 g/mol. The standard InChI is InChI=1S/C9H6O2S2/c10-6-1-2-7-5(3-6)4-8(13-7)9(11)12/h1-4,10H,(H,11,12). The zero-order valence-corrected chi connectivity index (χ0v) is 8.23. The Bertz CT molecular complexity index is 473. The molecular weight excluding hydrogens is 204 g/mol. The van der Waals surface area contributed by atoms with Gasteiger partial charge in [0, 0.05) is 4.70 Å². The number of hydrogen-bond donors (Lipinski definition) is 2. The minimum Gasteiger partial charge on any atom is -0.508 e. The number of fused-ring (bicyclic) bond motifs is 1. The first-order valence-corrected chi connectivity index (χ1v) is 4.89. The highest BCUT2D eigenvalue weighted by atomic mass is 32.1. The maximum atomic E-state index is 10.9. The van der Waals surface area contributed by atoms with Crippen LogP contribution in [0.25, 0.3) is 10.1 Å². The van der Waals surface area contributed by atoms with Gasteiger partial charge < -0.3 is 5.11 Å². The van der Waals surface area contributed by atoms with Gasteiger partial charge in [-0.1, -0.05) is 12.6 Å². The second-order valence-electron chi connectivity index (χ2n) is 2.64. The summed E-state index contributed by atoms with van der Waals surface area (Å²) in [6.07, 6.45) is 0. The second-order valence-corrected chi connectivity index (χ2v) is 4.13. The molecule has 0 saturated carbocycles. The molecule has 1 aromatic carbocycles. The Morgan fingerprint density at radius 1 is 1.38 bits per heavy atom. The fourth-order valence-corrected chi connectivity index (χ4v) is 2.22. The number of phenolic OH excluding ortho intramolecular Hbond substituents is 1. The van der Waals surface area contributed by atoms with Crippen LogP contribution < -0.4 is 0 Å². The molecule has 2 aromatic rings. The minimum atomic E-state index is -0.235. The SMILES string of the molecule is O=C(S)c1cc2cc(O)ccc2s1. The van der Waals surface area contributed by atoms with Crippen LogP contribution in [0.3, 0.4) is 0 Å². The first kappa shape index (κ1) is 8.59. The molecule has 0 amide bonds. The largest absolute Gasteiger partial charge is 0.508 e. The Hall–Kier alpha value is -1.00. The summed E-state index contributed by atoms with van der Waals surface area (Å²) in [7, 11) is 0. The molecule has 13 heavy (non-hydrogen) atoms. The van der Waals surface area contributed by atoms with Gasteiger partial charge in [-0.3, -0.25) is 4.79 Å². The summed E-state index contributed by atoms with van der Waals surface area (Å²) in [5.41, 5.74) is 0. The van der Waals surface area contributed by atoms with Gasteiger partial charge in [0.1, 0.15) is 5.75 Å². The highest BCUT2D eigenvalue weighted by Gasteiger charge is 2.06. The van der Waals surface area contributed by atoms with Crippen molar-refractivity contribution in [2.75, 3.05) is 0 Å². The van der Waals surface area contributed by atoms with E-state index in [1.54, 1.807) is 24.3 Å². The molecule has 0 fully saturated rings. The van der Waals surface area contributed by atoms with Gasteiger partial charge in [0.2, 0.25) is 5.12 Å². The summed E-state index contributed by atoms with van der Waals surface area (Å²) in [4.78, 5) is 11.5. The number of hydrogen-bond acceptors (Lipinski definition) is 3. The molecule has 0 saturated heterocycles. The van der Waals surface area contributed by atoms with E-state index in [9.17, 15) is 9.90 Å². The monoisotopic (exact) mass is 210 g/mol. The van der Waals surface area contributed by atoms with Gasteiger partial charge in [0.15, 0.2) is 0 Å². The normalized spacial score (nSPS) is 10.5. The maximum absolute atomic E-state index is 10.9. The van der Waals surface area contributed by atoms with Crippen molar-refractivity contribution in [2.24, 2.45) is 0 Å². The van der Waals surface area contributed by atoms with Crippen LogP contribution in [0.5, 0.6) is 5.75 Å².